The Morgan fingerprint density at radius 3 is 1.09 bits per heavy atom. The second-order valence-electron chi connectivity index (χ2n) is 30.8. The summed E-state index contributed by atoms with van der Waals surface area (Å²) in [4.78, 5) is 63.7. The number of likely N-dealkylation sites (N-methyl/N-ethyl adjacent to an activating group) is 2. The van der Waals surface area contributed by atoms with Crippen LogP contribution in [0.15, 0.2) is 200 Å². The van der Waals surface area contributed by atoms with Gasteiger partial charge in [0.05, 0.1) is 41.5 Å². The number of urea groups is 3. The van der Waals surface area contributed by atoms with Crippen LogP contribution in [-0.4, -0.2) is 166 Å². The number of carbonyl (C=O) groups is 4. The highest BCUT2D eigenvalue weighted by molar-refractivity contribution is 6.36. The Balaban J connectivity index is 0.000000174. The maximum atomic E-state index is 13.0. The molecule has 4 fully saturated rings. The van der Waals surface area contributed by atoms with Gasteiger partial charge in [0.1, 0.15) is 0 Å². The Morgan fingerprint density at radius 1 is 0.419 bits per heavy atom. The number of hydrogen-bond donors (Lipinski definition) is 4. The average molecular weight is 1690 g/mol. The summed E-state index contributed by atoms with van der Waals surface area (Å²) in [7, 11) is 7.96. The van der Waals surface area contributed by atoms with E-state index in [0.29, 0.717) is 114 Å². The summed E-state index contributed by atoms with van der Waals surface area (Å²) < 4.78 is 5.19. The van der Waals surface area contributed by atoms with Gasteiger partial charge in [0.2, 0.25) is 0 Å². The van der Waals surface area contributed by atoms with Gasteiger partial charge in [-0.3, -0.25) is 0 Å². The van der Waals surface area contributed by atoms with Crippen molar-refractivity contribution in [2.45, 2.75) is 82.1 Å². The summed E-state index contributed by atoms with van der Waals surface area (Å²) in [6.07, 6.45) is 8.09. The number of nitriles is 3. The zero-order valence-corrected chi connectivity index (χ0v) is 71.1. The highest BCUT2D eigenvalue weighted by atomic mass is 35.5. The maximum Gasteiger partial charge on any atom is 0.409 e. The number of nitrogens with one attached hydrogen (secondary N) is 4. The maximum absolute atomic E-state index is 13.0. The average Bonchev–Trinajstić information content (AvgIpc) is 0.821. The van der Waals surface area contributed by atoms with Crippen LogP contribution in [0, 0.1) is 51.7 Å². The van der Waals surface area contributed by atoms with Crippen LogP contribution >= 0.6 is 69.6 Å². The van der Waals surface area contributed by atoms with E-state index in [4.69, 9.17) is 74.3 Å². The van der Waals surface area contributed by atoms with E-state index in [1.165, 1.54) is 16.7 Å². The molecule has 3 atom stereocenters. The van der Waals surface area contributed by atoms with Crippen molar-refractivity contribution in [1.82, 2.24) is 34.7 Å². The van der Waals surface area contributed by atoms with Crippen LogP contribution in [0.5, 0.6) is 0 Å². The van der Waals surface area contributed by atoms with Crippen LogP contribution in [-0.2, 0) is 4.74 Å². The standard InChI is InChI=1S/C35H39Cl2N5O3.2C29H30Cl2N4O/c1-2-45-35(44)42-16-12-32(13-17-42)41-14-10-27(11-15-41)33(23-39-34(43)40-31-20-29(36)19-30(37)21-31)26-8-6-25(7-9-26)28-5-3-4-24(18-28)22-38;2*1-34-12-10-23(11-13-34)28(19-35(2)29(36)33-27-16-25(30)15-26(31)17-27)22-8-6-21(7-9-22)24-5-3-4-20(14-24)18-32/h3-9,18-21,27,32-33H,2,10-17,23H2,1H3,(H2,39,40,43);2*3-9,14-17,23,28H,10-13,19H2,1-2H3,(H,33,36). The first-order valence-electron chi connectivity index (χ1n) is 39.8. The first kappa shape index (κ1) is 88.0. The van der Waals surface area contributed by atoms with Crippen molar-refractivity contribution in [2.24, 2.45) is 17.8 Å². The highest BCUT2D eigenvalue weighted by Crippen LogP contribution is 2.40. The topological polar surface area (TPSA) is 216 Å². The molecule has 117 heavy (non-hydrogen) atoms. The molecule has 0 saturated carbocycles. The zero-order valence-electron chi connectivity index (χ0n) is 66.6. The molecule has 4 N–H and O–H groups in total. The van der Waals surface area contributed by atoms with E-state index >= 15 is 0 Å². The Morgan fingerprint density at radius 2 is 0.744 bits per heavy atom. The molecular weight excluding hydrogens is 1590 g/mol. The molecule has 4 aliphatic heterocycles. The van der Waals surface area contributed by atoms with E-state index < -0.39 is 0 Å². The molecule has 24 heteroatoms. The molecule has 9 aromatic rings. The van der Waals surface area contributed by atoms with Gasteiger partial charge >= 0.3 is 24.2 Å². The third-order valence-electron chi connectivity index (χ3n) is 22.8. The van der Waals surface area contributed by atoms with Crippen molar-refractivity contribution in [3.63, 3.8) is 0 Å². The van der Waals surface area contributed by atoms with Crippen molar-refractivity contribution < 1.29 is 23.9 Å². The number of amides is 7. The van der Waals surface area contributed by atoms with E-state index in [-0.39, 0.29) is 41.9 Å². The van der Waals surface area contributed by atoms with Gasteiger partial charge in [-0.15, -0.1) is 0 Å². The number of carbonyl (C=O) groups excluding carboxylic acids is 4. The number of rotatable bonds is 20. The quantitative estimate of drug-likeness (QED) is 0.0563. The Kier molecular flexibility index (Phi) is 32.4. The number of piperidine rings is 4. The molecule has 4 heterocycles. The fourth-order valence-electron chi connectivity index (χ4n) is 16.3. The third kappa shape index (κ3) is 25.6. The number of halogens is 6. The summed E-state index contributed by atoms with van der Waals surface area (Å²) >= 11 is 36.6. The second-order valence-corrected chi connectivity index (χ2v) is 33.4. The Hall–Kier alpha value is -9.85. The lowest BCUT2D eigenvalue weighted by Crippen LogP contribution is -2.49. The van der Waals surface area contributed by atoms with Gasteiger partial charge in [-0.05, 0) is 270 Å². The van der Waals surface area contributed by atoms with Gasteiger partial charge in [-0.1, -0.05) is 179 Å². The predicted octanol–water partition coefficient (Wildman–Crippen LogP) is 22.0. The van der Waals surface area contributed by atoms with Gasteiger partial charge in [-0.25, -0.2) is 19.2 Å². The molecule has 7 amide bonds. The molecule has 0 radical (unpaired) electrons. The molecule has 3 unspecified atom stereocenters. The van der Waals surface area contributed by atoms with E-state index in [1.54, 1.807) is 70.5 Å². The Bertz CT molecular complexity index is 4730. The number of ether oxygens (including phenoxy) is 1. The molecule has 0 bridgehead atoms. The van der Waals surface area contributed by atoms with Crippen molar-refractivity contribution >= 4 is 111 Å². The molecule has 608 valence electrons. The van der Waals surface area contributed by atoms with E-state index in [0.717, 1.165) is 137 Å². The lowest BCUT2D eigenvalue weighted by atomic mass is 9.79. The summed E-state index contributed by atoms with van der Waals surface area (Å²) in [5.41, 5.74) is 13.4. The van der Waals surface area contributed by atoms with Gasteiger partial charge < -0.3 is 55.4 Å². The highest BCUT2D eigenvalue weighted by Gasteiger charge is 2.35. The third-order valence-corrected chi connectivity index (χ3v) is 24.1. The summed E-state index contributed by atoms with van der Waals surface area (Å²) in [5.74, 6) is 1.86. The van der Waals surface area contributed by atoms with Crippen LogP contribution in [0.4, 0.5) is 36.2 Å². The minimum Gasteiger partial charge on any atom is -0.450 e. The van der Waals surface area contributed by atoms with Crippen molar-refractivity contribution in [3.8, 4) is 51.6 Å². The predicted molar refractivity (Wildman–Crippen MR) is 474 cm³/mol. The second kappa shape index (κ2) is 43.0. The fourth-order valence-corrected chi connectivity index (χ4v) is 17.9. The van der Waals surface area contributed by atoms with Crippen LogP contribution < -0.4 is 21.3 Å². The van der Waals surface area contributed by atoms with Crippen LogP contribution in [0.1, 0.15) is 109 Å². The van der Waals surface area contributed by atoms with Crippen LogP contribution in [0.2, 0.25) is 30.1 Å². The smallest absolute Gasteiger partial charge is 0.409 e. The molecular formula is C93H99Cl6N13O5. The molecule has 0 aromatic heterocycles. The monoisotopic (exact) mass is 1690 g/mol. The molecule has 18 nitrogen and oxygen atoms in total. The van der Waals surface area contributed by atoms with E-state index in [2.05, 4.69) is 141 Å². The normalized spacial score (nSPS) is 15.8. The van der Waals surface area contributed by atoms with E-state index in [1.807, 2.05) is 92.6 Å². The fraction of sp³-hybridized carbons (Fsp3) is 0.344. The number of likely N-dealkylation sites (tertiary alicyclic amines) is 4. The number of benzene rings is 9. The number of anilines is 3. The molecule has 0 spiro atoms. The van der Waals surface area contributed by atoms with E-state index in [9.17, 15) is 35.0 Å². The molecule has 4 saturated heterocycles. The van der Waals surface area contributed by atoms with Crippen molar-refractivity contribution in [1.29, 1.82) is 15.8 Å². The lowest BCUT2D eigenvalue weighted by molar-refractivity contribution is 0.0588. The molecule has 4 aliphatic rings. The molecule has 9 aromatic carbocycles. The van der Waals surface area contributed by atoms with Gasteiger partial charge in [-0.2, -0.15) is 15.8 Å². The zero-order chi connectivity index (χ0) is 83.1. The number of nitrogens with zero attached hydrogens (tertiary/aromatic N) is 9. The van der Waals surface area contributed by atoms with Crippen molar-refractivity contribution in [3.05, 3.63) is 264 Å². The molecule has 0 aliphatic carbocycles. The largest absolute Gasteiger partial charge is 0.450 e. The van der Waals surface area contributed by atoms with Crippen molar-refractivity contribution in [2.75, 3.05) is 123 Å². The summed E-state index contributed by atoms with van der Waals surface area (Å²) in [6.45, 7) is 11.5. The molecule has 13 rings (SSSR count). The van der Waals surface area contributed by atoms with Crippen LogP contribution in [0.3, 0.4) is 0 Å². The number of hydrogen-bond acceptors (Lipinski definition) is 11. The van der Waals surface area contributed by atoms with Gasteiger partial charge in [0, 0.05) is 118 Å². The summed E-state index contributed by atoms with van der Waals surface area (Å²) in [5, 5.41) is 42.4. The first-order chi connectivity index (χ1) is 56.5. The minimum atomic E-state index is -0.311. The first-order valence-corrected chi connectivity index (χ1v) is 42.1. The minimum absolute atomic E-state index is 0.117. The van der Waals surface area contributed by atoms with Gasteiger partial charge in [0.25, 0.3) is 0 Å². The van der Waals surface area contributed by atoms with Crippen LogP contribution in [0.25, 0.3) is 33.4 Å². The SMILES string of the molecule is CCOC(=O)N1CCC(N2CCC(C(CNC(=O)Nc3cc(Cl)cc(Cl)c3)c3ccc(-c4cccc(C#N)c4)cc3)CC2)CC1.CN1CCC(C(CN(C)C(=O)Nc2cc(Cl)cc(Cl)c2)c2ccc(-c3cccc(C#N)c3)cc2)CC1.CN1CCC(C(CN(C)C(=O)Nc2cc(Cl)cc(Cl)c2)c2ccc(-c3cccc(C#N)c3)cc2)CC1. The Labute approximate surface area is 718 Å². The summed E-state index contributed by atoms with van der Waals surface area (Å²) in [6, 6.07) is 69.9. The van der Waals surface area contributed by atoms with Gasteiger partial charge in [0.15, 0.2) is 0 Å². The lowest BCUT2D eigenvalue weighted by Gasteiger charge is -2.43.